The van der Waals surface area contributed by atoms with E-state index in [1.165, 1.54) is 0 Å². The van der Waals surface area contributed by atoms with E-state index in [-0.39, 0.29) is 31.2 Å². The molecule has 1 atom stereocenters. The Balaban J connectivity index is 5.83. The molecule has 0 aliphatic rings. The zero-order chi connectivity index (χ0) is 23.8. The highest BCUT2D eigenvalue weighted by Crippen LogP contribution is 2.68. The molecule has 0 spiro atoms. The number of nitrogens with zero attached hydrogens (tertiary/aromatic N) is 1. The number of hydrogen-bond donors (Lipinski definition) is 0. The third kappa shape index (κ3) is 12.3. The number of rotatable bonds is 14. The molecule has 182 valence electrons. The van der Waals surface area contributed by atoms with Crippen LogP contribution in [0.2, 0.25) is 0 Å². The molecule has 0 aliphatic carbocycles. The minimum atomic E-state index is -3.77. The molecule has 30 heavy (non-hydrogen) atoms. The molecule has 0 aromatic carbocycles. The Morgan fingerprint density at radius 3 is 1.57 bits per heavy atom. The van der Waals surface area contributed by atoms with E-state index in [0.717, 1.165) is 0 Å². The first-order chi connectivity index (χ1) is 13.4. The molecular weight excluding hydrogens is 428 g/mol. The fourth-order valence-corrected chi connectivity index (χ4v) is 9.82. The first kappa shape index (κ1) is 30.2. The molecule has 10 heteroatoms. The average molecular weight is 474 g/mol. The number of hydrogen-bond acceptors (Lipinski definition) is 7. The zero-order valence-electron chi connectivity index (χ0n) is 20.9. The van der Waals surface area contributed by atoms with Gasteiger partial charge < -0.3 is 23.0 Å². The van der Waals surface area contributed by atoms with Gasteiger partial charge in [-0.25, -0.2) is 4.67 Å². The van der Waals surface area contributed by atoms with Gasteiger partial charge in [-0.05, 0) is 69.2 Å². The Bertz CT molecular complexity index is 555. The normalized spacial score (nSPS) is 15.9. The Labute approximate surface area is 184 Å². The predicted molar refractivity (Wildman–Crippen MR) is 123 cm³/mol. The standard InChI is InChI=1S/C20H45NO7P2/c1-17(2)21(18(3)4)29(22,26-15-14-25-13-12-24-11)16-30(23,27-19(5,6)7)28-20(8,9)10/h17-18H,12-16H2,1-11H3. The lowest BCUT2D eigenvalue weighted by molar-refractivity contribution is 0.0474. The van der Waals surface area contributed by atoms with E-state index in [1.54, 1.807) is 53.3 Å². The molecule has 0 aromatic heterocycles. The van der Waals surface area contributed by atoms with Crippen LogP contribution >= 0.6 is 15.1 Å². The SMILES string of the molecule is COCCOCCOP(=O)(CP(=O)(OC(C)(C)C)OC(C)(C)C)N(C(C)C)C(C)C. The summed E-state index contributed by atoms with van der Waals surface area (Å²) in [6.45, 7) is 19.8. The monoisotopic (exact) mass is 473 g/mol. The Morgan fingerprint density at radius 1 is 0.767 bits per heavy atom. The summed E-state index contributed by atoms with van der Waals surface area (Å²) in [5, 5.41) is 0. The van der Waals surface area contributed by atoms with Gasteiger partial charge in [0.1, 0.15) is 5.90 Å². The van der Waals surface area contributed by atoms with E-state index < -0.39 is 26.3 Å². The molecule has 1 unspecified atom stereocenters. The Hall–Kier alpha value is 0.220. The molecule has 0 saturated heterocycles. The van der Waals surface area contributed by atoms with E-state index in [2.05, 4.69) is 0 Å². The lowest BCUT2D eigenvalue weighted by Gasteiger charge is -2.40. The van der Waals surface area contributed by atoms with Gasteiger partial charge in [0.2, 0.25) is 0 Å². The van der Waals surface area contributed by atoms with Gasteiger partial charge in [0.05, 0.1) is 37.6 Å². The second-order valence-electron chi connectivity index (χ2n) is 9.80. The molecule has 0 amide bonds. The molecule has 0 fully saturated rings. The van der Waals surface area contributed by atoms with Crippen LogP contribution in [0.1, 0.15) is 69.2 Å². The summed E-state index contributed by atoms with van der Waals surface area (Å²) in [7, 11) is -5.76. The number of ether oxygens (including phenoxy) is 2. The second kappa shape index (κ2) is 12.5. The largest absolute Gasteiger partial charge is 0.382 e. The van der Waals surface area contributed by atoms with Crippen LogP contribution in [-0.2, 0) is 32.2 Å². The third-order valence-electron chi connectivity index (χ3n) is 3.54. The smallest absolute Gasteiger partial charge is 0.342 e. The zero-order valence-corrected chi connectivity index (χ0v) is 22.7. The minimum absolute atomic E-state index is 0.0945. The molecule has 0 aliphatic heterocycles. The van der Waals surface area contributed by atoms with Crippen molar-refractivity contribution in [1.82, 2.24) is 4.67 Å². The van der Waals surface area contributed by atoms with E-state index in [0.29, 0.717) is 13.2 Å². The summed E-state index contributed by atoms with van der Waals surface area (Å²) >= 11 is 0. The maximum atomic E-state index is 14.2. The van der Waals surface area contributed by atoms with Crippen LogP contribution in [0.25, 0.3) is 0 Å². The minimum Gasteiger partial charge on any atom is -0.382 e. The Kier molecular flexibility index (Phi) is 12.5. The lowest BCUT2D eigenvalue weighted by Crippen LogP contribution is -2.37. The van der Waals surface area contributed by atoms with Crippen molar-refractivity contribution in [2.24, 2.45) is 0 Å². The second-order valence-corrected chi connectivity index (χ2v) is 14.5. The summed E-state index contributed by atoms with van der Waals surface area (Å²) < 4.78 is 57.8. The highest BCUT2D eigenvalue weighted by atomic mass is 31.2. The number of methoxy groups -OCH3 is 1. The van der Waals surface area contributed by atoms with E-state index in [1.807, 2.05) is 27.7 Å². The van der Waals surface area contributed by atoms with Crippen molar-refractivity contribution < 1.29 is 32.2 Å². The quantitative estimate of drug-likeness (QED) is 0.233. The maximum Gasteiger partial charge on any atom is 0.342 e. The van der Waals surface area contributed by atoms with Crippen LogP contribution in [-0.4, -0.2) is 67.4 Å². The molecule has 0 rings (SSSR count). The van der Waals surface area contributed by atoms with E-state index >= 15 is 0 Å². The van der Waals surface area contributed by atoms with Crippen LogP contribution in [0.5, 0.6) is 0 Å². The van der Waals surface area contributed by atoms with Crippen LogP contribution < -0.4 is 0 Å². The van der Waals surface area contributed by atoms with E-state index in [4.69, 9.17) is 23.0 Å². The van der Waals surface area contributed by atoms with Gasteiger partial charge in [-0.1, -0.05) is 0 Å². The van der Waals surface area contributed by atoms with Crippen molar-refractivity contribution in [3.05, 3.63) is 0 Å². The molecule has 0 saturated carbocycles. The fourth-order valence-electron chi connectivity index (χ4n) is 3.09. The summed E-state index contributed by atoms with van der Waals surface area (Å²) in [4.78, 5) is 0. The molecule has 0 radical (unpaired) electrons. The van der Waals surface area contributed by atoms with Gasteiger partial charge in [-0.2, -0.15) is 0 Å². The molecule has 0 heterocycles. The van der Waals surface area contributed by atoms with Crippen molar-refractivity contribution >= 4 is 15.1 Å². The third-order valence-corrected chi connectivity index (χ3v) is 10.2. The Morgan fingerprint density at radius 2 is 1.20 bits per heavy atom. The van der Waals surface area contributed by atoms with Gasteiger partial charge in [-0.3, -0.25) is 9.13 Å². The van der Waals surface area contributed by atoms with Crippen molar-refractivity contribution in [2.75, 3.05) is 39.4 Å². The maximum absolute atomic E-state index is 14.2. The highest BCUT2D eigenvalue weighted by Gasteiger charge is 2.47. The van der Waals surface area contributed by atoms with Gasteiger partial charge in [0.25, 0.3) is 7.52 Å². The van der Waals surface area contributed by atoms with Crippen LogP contribution in [0.3, 0.4) is 0 Å². The summed E-state index contributed by atoms with van der Waals surface area (Å²) in [6, 6.07) is -0.189. The van der Waals surface area contributed by atoms with Crippen molar-refractivity contribution in [3.63, 3.8) is 0 Å². The molecule has 0 aromatic rings. The molecular formula is C20H45NO7P2. The van der Waals surface area contributed by atoms with Crippen molar-refractivity contribution in [3.8, 4) is 0 Å². The molecule has 0 N–H and O–H groups in total. The first-order valence-electron chi connectivity index (χ1n) is 10.5. The topological polar surface area (TPSA) is 83.5 Å². The highest BCUT2D eigenvalue weighted by molar-refractivity contribution is 7.72. The van der Waals surface area contributed by atoms with Crippen molar-refractivity contribution in [2.45, 2.75) is 92.5 Å². The summed E-state index contributed by atoms with van der Waals surface area (Å²) in [5.41, 5.74) is -1.48. The lowest BCUT2D eigenvalue weighted by atomic mass is 10.2. The first-order valence-corrected chi connectivity index (χ1v) is 14.0. The van der Waals surface area contributed by atoms with Crippen LogP contribution in [0, 0.1) is 0 Å². The summed E-state index contributed by atoms with van der Waals surface area (Å²) in [5.74, 6) is -0.330. The summed E-state index contributed by atoms with van der Waals surface area (Å²) in [6.07, 6.45) is 0. The average Bonchev–Trinajstić information content (AvgIpc) is 2.45. The van der Waals surface area contributed by atoms with Crippen molar-refractivity contribution in [1.29, 1.82) is 0 Å². The fraction of sp³-hybridized carbons (Fsp3) is 1.00. The van der Waals surface area contributed by atoms with E-state index in [9.17, 15) is 9.13 Å². The van der Waals surface area contributed by atoms with Crippen LogP contribution in [0.4, 0.5) is 0 Å². The van der Waals surface area contributed by atoms with Gasteiger partial charge >= 0.3 is 7.60 Å². The van der Waals surface area contributed by atoms with Gasteiger partial charge in [0, 0.05) is 19.2 Å². The van der Waals surface area contributed by atoms with Gasteiger partial charge in [0.15, 0.2) is 0 Å². The van der Waals surface area contributed by atoms with Gasteiger partial charge in [-0.15, -0.1) is 0 Å². The predicted octanol–water partition coefficient (Wildman–Crippen LogP) is 5.76. The molecule has 0 bridgehead atoms. The molecule has 8 nitrogen and oxygen atoms in total. The van der Waals surface area contributed by atoms with Crippen LogP contribution in [0.15, 0.2) is 0 Å².